The molecule has 1 aromatic rings. The van der Waals surface area contributed by atoms with E-state index in [0.717, 1.165) is 0 Å². The van der Waals surface area contributed by atoms with Crippen LogP contribution in [0.1, 0.15) is 35.4 Å². The molecule has 8 heteroatoms. The molecule has 0 spiro atoms. The average molecular weight is 259 g/mol. The lowest BCUT2D eigenvalue weighted by molar-refractivity contribution is 0.0517. The number of aromatic nitrogens is 3. The van der Waals surface area contributed by atoms with Crippen LogP contribution in [-0.2, 0) is 14.6 Å². The Hall–Kier alpha value is -1.44. The van der Waals surface area contributed by atoms with Crippen LogP contribution in [0.5, 0.6) is 0 Å². The number of rotatable bonds is 3. The molecule has 0 aliphatic carbocycles. The number of esters is 1. The van der Waals surface area contributed by atoms with Crippen LogP contribution >= 0.6 is 0 Å². The van der Waals surface area contributed by atoms with Crippen molar-refractivity contribution in [2.75, 3.05) is 18.1 Å². The first kappa shape index (κ1) is 12.0. The fourth-order valence-corrected chi connectivity index (χ4v) is 3.63. The summed E-state index contributed by atoms with van der Waals surface area (Å²) >= 11 is 0. The minimum atomic E-state index is -3.01. The first-order valence-corrected chi connectivity index (χ1v) is 7.14. The van der Waals surface area contributed by atoms with Crippen LogP contribution in [0.15, 0.2) is 0 Å². The van der Waals surface area contributed by atoms with Crippen molar-refractivity contribution in [2.45, 2.75) is 19.3 Å². The molecular weight excluding hydrogens is 246 g/mol. The van der Waals surface area contributed by atoms with Crippen molar-refractivity contribution in [1.29, 1.82) is 0 Å². The molecular formula is C9H13N3O4S. The molecule has 1 aromatic heterocycles. The van der Waals surface area contributed by atoms with Crippen molar-refractivity contribution in [1.82, 2.24) is 15.4 Å². The van der Waals surface area contributed by atoms with Crippen LogP contribution in [0.25, 0.3) is 0 Å². The molecule has 2 heterocycles. The predicted molar refractivity (Wildman–Crippen MR) is 58.4 cm³/mol. The quantitative estimate of drug-likeness (QED) is 0.759. The van der Waals surface area contributed by atoms with Gasteiger partial charge in [0.1, 0.15) is 5.69 Å². The minimum absolute atomic E-state index is 0.0198. The Morgan fingerprint density at radius 3 is 2.88 bits per heavy atom. The molecule has 0 bridgehead atoms. The van der Waals surface area contributed by atoms with E-state index in [0.29, 0.717) is 12.1 Å². The van der Waals surface area contributed by atoms with Gasteiger partial charge in [0, 0.05) is 5.92 Å². The van der Waals surface area contributed by atoms with E-state index in [2.05, 4.69) is 15.4 Å². The van der Waals surface area contributed by atoms with Gasteiger partial charge in [0.2, 0.25) is 0 Å². The van der Waals surface area contributed by atoms with E-state index >= 15 is 0 Å². The fourth-order valence-electron chi connectivity index (χ4n) is 1.88. The molecule has 1 saturated heterocycles. The number of hydrogen-bond donors (Lipinski definition) is 1. The normalized spacial score (nSPS) is 22.5. The zero-order chi connectivity index (χ0) is 12.5. The third kappa shape index (κ3) is 2.46. The molecule has 1 N–H and O–H groups in total. The molecule has 1 fully saturated rings. The second-order valence-electron chi connectivity index (χ2n) is 3.88. The second kappa shape index (κ2) is 4.44. The number of ether oxygens (including phenoxy) is 1. The summed E-state index contributed by atoms with van der Waals surface area (Å²) in [6.45, 7) is 1.94. The van der Waals surface area contributed by atoms with E-state index in [4.69, 9.17) is 4.74 Å². The van der Waals surface area contributed by atoms with Gasteiger partial charge < -0.3 is 4.74 Å². The molecule has 0 amide bonds. The molecule has 1 atom stereocenters. The number of aromatic amines is 1. The Kier molecular flexibility index (Phi) is 3.14. The Bertz CT molecular complexity index is 522. The minimum Gasteiger partial charge on any atom is -0.461 e. The van der Waals surface area contributed by atoms with Crippen molar-refractivity contribution in [2.24, 2.45) is 0 Å². The Morgan fingerprint density at radius 1 is 1.53 bits per heavy atom. The maximum atomic E-state index is 11.6. The van der Waals surface area contributed by atoms with Gasteiger partial charge in [-0.05, 0) is 13.3 Å². The summed E-state index contributed by atoms with van der Waals surface area (Å²) in [5.41, 5.74) is 0.485. The largest absolute Gasteiger partial charge is 0.461 e. The Balaban J connectivity index is 2.23. The van der Waals surface area contributed by atoms with Crippen molar-refractivity contribution < 1.29 is 17.9 Å². The van der Waals surface area contributed by atoms with Crippen LogP contribution in [0.3, 0.4) is 0 Å². The number of sulfone groups is 1. The summed E-state index contributed by atoms with van der Waals surface area (Å²) in [5.74, 6) is -0.683. The summed E-state index contributed by atoms with van der Waals surface area (Å²) in [4.78, 5) is 11.6. The average Bonchev–Trinajstić information content (AvgIpc) is 2.84. The molecule has 7 nitrogen and oxygen atoms in total. The van der Waals surface area contributed by atoms with Crippen LogP contribution in [-0.4, -0.2) is 47.9 Å². The molecule has 0 radical (unpaired) electrons. The van der Waals surface area contributed by atoms with E-state index in [-0.39, 0.29) is 29.7 Å². The number of carbonyl (C=O) groups excluding carboxylic acids is 1. The number of nitrogens with one attached hydrogen (secondary N) is 1. The van der Waals surface area contributed by atoms with Crippen LogP contribution < -0.4 is 0 Å². The highest BCUT2D eigenvalue weighted by molar-refractivity contribution is 7.91. The summed E-state index contributed by atoms with van der Waals surface area (Å²) in [6, 6.07) is 0. The number of nitrogens with zero attached hydrogens (tertiary/aromatic N) is 2. The Morgan fingerprint density at radius 2 is 2.29 bits per heavy atom. The highest BCUT2D eigenvalue weighted by Gasteiger charge is 2.34. The molecule has 17 heavy (non-hydrogen) atoms. The molecule has 2 rings (SSSR count). The topological polar surface area (TPSA) is 102 Å². The Labute approximate surface area is 98.5 Å². The lowest BCUT2D eigenvalue weighted by Crippen LogP contribution is -2.12. The van der Waals surface area contributed by atoms with Crippen LogP contribution in [0.2, 0.25) is 0 Å². The molecule has 94 valence electrons. The van der Waals surface area contributed by atoms with Gasteiger partial charge in [0.25, 0.3) is 0 Å². The third-order valence-corrected chi connectivity index (χ3v) is 4.43. The molecule has 1 unspecified atom stereocenters. The summed E-state index contributed by atoms with van der Waals surface area (Å²) in [5, 5.41) is 9.93. The van der Waals surface area contributed by atoms with Gasteiger partial charge in [-0.1, -0.05) is 0 Å². The summed E-state index contributed by atoms with van der Waals surface area (Å²) < 4.78 is 27.6. The van der Waals surface area contributed by atoms with Gasteiger partial charge >= 0.3 is 5.97 Å². The maximum absolute atomic E-state index is 11.6. The smallest absolute Gasteiger partial charge is 0.360 e. The molecule has 0 aromatic carbocycles. The van der Waals surface area contributed by atoms with E-state index < -0.39 is 15.8 Å². The number of carbonyl (C=O) groups is 1. The summed E-state index contributed by atoms with van der Waals surface area (Å²) in [6.07, 6.45) is 0.473. The van der Waals surface area contributed by atoms with Gasteiger partial charge in [-0.3, -0.25) is 0 Å². The summed E-state index contributed by atoms with van der Waals surface area (Å²) in [7, 11) is -3.01. The maximum Gasteiger partial charge on any atom is 0.360 e. The lowest BCUT2D eigenvalue weighted by Gasteiger charge is -2.05. The predicted octanol–water partition coefficient (Wildman–Crippen LogP) is -0.116. The zero-order valence-corrected chi connectivity index (χ0v) is 10.2. The fraction of sp³-hybridized carbons (Fsp3) is 0.667. The molecule has 0 saturated carbocycles. The third-order valence-electron chi connectivity index (χ3n) is 2.66. The first-order chi connectivity index (χ1) is 8.03. The van der Waals surface area contributed by atoms with Crippen molar-refractivity contribution in [3.63, 3.8) is 0 Å². The monoisotopic (exact) mass is 259 g/mol. The van der Waals surface area contributed by atoms with E-state index in [1.807, 2.05) is 0 Å². The molecule has 1 aliphatic rings. The SMILES string of the molecule is CCOC(=O)c1n[nH]nc1C1CCS(=O)(=O)C1. The standard InChI is InChI=1S/C9H13N3O4S/c1-2-16-9(13)8-7(10-12-11-8)6-3-4-17(14,15)5-6/h6H,2-5H2,1H3,(H,10,11,12). The second-order valence-corrected chi connectivity index (χ2v) is 6.11. The van der Waals surface area contributed by atoms with Crippen molar-refractivity contribution in [3.8, 4) is 0 Å². The van der Waals surface area contributed by atoms with Gasteiger partial charge in [0.15, 0.2) is 15.5 Å². The van der Waals surface area contributed by atoms with Crippen molar-refractivity contribution in [3.05, 3.63) is 11.4 Å². The highest BCUT2D eigenvalue weighted by Crippen LogP contribution is 2.28. The van der Waals surface area contributed by atoms with E-state index in [9.17, 15) is 13.2 Å². The molecule has 1 aliphatic heterocycles. The number of hydrogen-bond acceptors (Lipinski definition) is 6. The lowest BCUT2D eigenvalue weighted by atomic mass is 10.0. The van der Waals surface area contributed by atoms with Gasteiger partial charge in [0.05, 0.1) is 18.1 Å². The van der Waals surface area contributed by atoms with E-state index in [1.165, 1.54) is 0 Å². The zero-order valence-electron chi connectivity index (χ0n) is 9.34. The van der Waals surface area contributed by atoms with Gasteiger partial charge in [-0.2, -0.15) is 10.3 Å². The van der Waals surface area contributed by atoms with Gasteiger partial charge in [-0.25, -0.2) is 13.2 Å². The number of H-pyrrole nitrogens is 1. The van der Waals surface area contributed by atoms with Gasteiger partial charge in [-0.15, -0.1) is 5.10 Å². The van der Waals surface area contributed by atoms with E-state index in [1.54, 1.807) is 6.92 Å². The highest BCUT2D eigenvalue weighted by atomic mass is 32.2. The van der Waals surface area contributed by atoms with Crippen molar-refractivity contribution >= 4 is 15.8 Å². The van der Waals surface area contributed by atoms with Crippen LogP contribution in [0, 0.1) is 0 Å². The first-order valence-electron chi connectivity index (χ1n) is 5.31. The van der Waals surface area contributed by atoms with Crippen LogP contribution in [0.4, 0.5) is 0 Å².